The minimum absolute atomic E-state index is 0.0555. The summed E-state index contributed by atoms with van der Waals surface area (Å²) >= 11 is 0. The highest BCUT2D eigenvalue weighted by molar-refractivity contribution is 5.99. The van der Waals surface area contributed by atoms with Crippen molar-refractivity contribution in [3.63, 3.8) is 0 Å². The molecule has 0 aromatic heterocycles. The zero-order chi connectivity index (χ0) is 31.1. The van der Waals surface area contributed by atoms with Crippen LogP contribution in [0, 0.1) is 5.92 Å². The Kier molecular flexibility index (Phi) is 10.2. The maximum absolute atomic E-state index is 13.7. The average molecular weight is 594 g/mol. The monoisotopic (exact) mass is 593 g/mol. The normalized spacial score (nSPS) is 22.2. The molecule has 1 fully saturated rings. The van der Waals surface area contributed by atoms with Crippen molar-refractivity contribution in [2.24, 2.45) is 5.92 Å². The Hall–Kier alpha value is -4.61. The number of carbonyl (C=O) groups is 5. The summed E-state index contributed by atoms with van der Waals surface area (Å²) in [4.78, 5) is 69.4. The standard InChI is InChI=1S/C31H39N5O7/c1-19(2)27-31(41)35(4)17-26(37)33-23(15-21-9-6-5-7-10-21)29(39)32-13-8-14-36(20(3)28(38)34-27)30(40)22-11-12-24-25(16-22)43-18-42-24/h5-7,9-12,16,19-20,23,27H,8,13-15,17-18H2,1-4H3,(H,32,39)(H,33,37)(H,34,38)/t20-,23+,27+/m1/s1. The van der Waals surface area contributed by atoms with E-state index in [1.165, 1.54) is 16.8 Å². The van der Waals surface area contributed by atoms with Crippen LogP contribution in [0.2, 0.25) is 0 Å². The van der Waals surface area contributed by atoms with Crippen LogP contribution in [-0.2, 0) is 25.6 Å². The minimum atomic E-state index is -0.949. The molecule has 0 radical (unpaired) electrons. The van der Waals surface area contributed by atoms with Gasteiger partial charge < -0.3 is 35.2 Å². The Labute approximate surface area is 251 Å². The van der Waals surface area contributed by atoms with Crippen LogP contribution in [0.5, 0.6) is 11.5 Å². The lowest BCUT2D eigenvalue weighted by Gasteiger charge is -2.32. The van der Waals surface area contributed by atoms with Crippen molar-refractivity contribution in [3.05, 3.63) is 59.7 Å². The van der Waals surface area contributed by atoms with Crippen molar-refractivity contribution in [2.75, 3.05) is 33.5 Å². The van der Waals surface area contributed by atoms with Crippen LogP contribution >= 0.6 is 0 Å². The van der Waals surface area contributed by atoms with E-state index in [1.54, 1.807) is 39.0 Å². The van der Waals surface area contributed by atoms with Crippen LogP contribution in [0.15, 0.2) is 48.5 Å². The number of hydrogen-bond donors (Lipinski definition) is 3. The fraction of sp³-hybridized carbons (Fsp3) is 0.452. The summed E-state index contributed by atoms with van der Waals surface area (Å²) in [6, 6.07) is 11.4. The molecule has 2 aromatic rings. The quantitative estimate of drug-likeness (QED) is 0.481. The van der Waals surface area contributed by atoms with Gasteiger partial charge in [0.25, 0.3) is 5.91 Å². The maximum Gasteiger partial charge on any atom is 0.254 e. The molecule has 2 aliphatic rings. The van der Waals surface area contributed by atoms with Gasteiger partial charge in [0.05, 0.1) is 6.54 Å². The van der Waals surface area contributed by atoms with Crippen LogP contribution in [0.3, 0.4) is 0 Å². The third-order valence-corrected chi connectivity index (χ3v) is 7.52. The van der Waals surface area contributed by atoms with Crippen LogP contribution in [0.1, 0.15) is 43.1 Å². The van der Waals surface area contributed by atoms with Gasteiger partial charge in [0.2, 0.25) is 30.4 Å². The molecule has 0 saturated carbocycles. The SMILES string of the molecule is CC(C)[C@@H]1NC(=O)[C@@H](C)N(C(=O)c2ccc3c(c2)OCO3)CCCNC(=O)[C@H](Cc2ccccc2)NC(=O)CN(C)C1=O. The Morgan fingerprint density at radius 2 is 1.70 bits per heavy atom. The highest BCUT2D eigenvalue weighted by Crippen LogP contribution is 2.33. The van der Waals surface area contributed by atoms with E-state index >= 15 is 0 Å². The third-order valence-electron chi connectivity index (χ3n) is 7.52. The molecule has 0 bridgehead atoms. The molecule has 43 heavy (non-hydrogen) atoms. The first-order chi connectivity index (χ1) is 20.5. The van der Waals surface area contributed by atoms with Gasteiger partial charge in [-0.2, -0.15) is 0 Å². The predicted octanol–water partition coefficient (Wildman–Crippen LogP) is 1.09. The van der Waals surface area contributed by atoms with Gasteiger partial charge in [0.15, 0.2) is 11.5 Å². The van der Waals surface area contributed by atoms with E-state index in [-0.39, 0.29) is 38.8 Å². The first-order valence-electron chi connectivity index (χ1n) is 14.4. The molecule has 12 nitrogen and oxygen atoms in total. The topological polar surface area (TPSA) is 146 Å². The summed E-state index contributed by atoms with van der Waals surface area (Å²) in [5, 5.41) is 8.40. The van der Waals surface area contributed by atoms with Crippen LogP contribution < -0.4 is 25.4 Å². The number of nitrogens with zero attached hydrogens (tertiary/aromatic N) is 2. The van der Waals surface area contributed by atoms with Gasteiger partial charge in [-0.25, -0.2) is 0 Å². The molecule has 4 rings (SSSR count). The first-order valence-corrected chi connectivity index (χ1v) is 14.4. The Morgan fingerprint density at radius 3 is 2.42 bits per heavy atom. The summed E-state index contributed by atoms with van der Waals surface area (Å²) in [5.41, 5.74) is 1.17. The molecular formula is C31H39N5O7. The smallest absolute Gasteiger partial charge is 0.254 e. The number of hydrogen-bond acceptors (Lipinski definition) is 7. The molecule has 12 heteroatoms. The van der Waals surface area contributed by atoms with Gasteiger partial charge in [-0.05, 0) is 43.0 Å². The molecule has 2 aromatic carbocycles. The average Bonchev–Trinajstić information content (AvgIpc) is 3.46. The van der Waals surface area contributed by atoms with Crippen molar-refractivity contribution < 1.29 is 33.4 Å². The molecule has 2 aliphatic heterocycles. The minimum Gasteiger partial charge on any atom is -0.454 e. The molecule has 5 amide bonds. The van der Waals surface area contributed by atoms with Crippen molar-refractivity contribution in [2.45, 2.75) is 51.7 Å². The van der Waals surface area contributed by atoms with E-state index in [1.807, 2.05) is 30.3 Å². The highest BCUT2D eigenvalue weighted by atomic mass is 16.7. The lowest BCUT2D eigenvalue weighted by Crippen LogP contribution is -2.57. The lowest BCUT2D eigenvalue weighted by molar-refractivity contribution is -0.140. The van der Waals surface area contributed by atoms with E-state index in [9.17, 15) is 24.0 Å². The van der Waals surface area contributed by atoms with Crippen LogP contribution in [-0.4, -0.2) is 90.9 Å². The fourth-order valence-electron chi connectivity index (χ4n) is 5.01. The largest absolute Gasteiger partial charge is 0.454 e. The summed E-state index contributed by atoms with van der Waals surface area (Å²) in [7, 11) is 1.47. The number of benzene rings is 2. The number of amides is 5. The molecule has 2 heterocycles. The zero-order valence-electron chi connectivity index (χ0n) is 24.9. The van der Waals surface area contributed by atoms with E-state index in [0.717, 1.165) is 5.56 Å². The van der Waals surface area contributed by atoms with Crippen molar-refractivity contribution >= 4 is 29.5 Å². The number of rotatable bonds is 4. The van der Waals surface area contributed by atoms with Crippen LogP contribution in [0.4, 0.5) is 0 Å². The van der Waals surface area contributed by atoms with Gasteiger partial charge in [-0.1, -0.05) is 44.2 Å². The van der Waals surface area contributed by atoms with Crippen molar-refractivity contribution in [1.29, 1.82) is 0 Å². The van der Waals surface area contributed by atoms with Gasteiger partial charge >= 0.3 is 0 Å². The van der Waals surface area contributed by atoms with Gasteiger partial charge in [-0.15, -0.1) is 0 Å². The van der Waals surface area contributed by atoms with Gasteiger partial charge in [-0.3, -0.25) is 24.0 Å². The molecule has 0 spiro atoms. The van der Waals surface area contributed by atoms with Gasteiger partial charge in [0, 0.05) is 32.1 Å². The molecule has 3 atom stereocenters. The molecule has 230 valence electrons. The summed E-state index contributed by atoms with van der Waals surface area (Å²) in [5.74, 6) is -1.62. The second kappa shape index (κ2) is 14.0. The Balaban J connectivity index is 1.60. The zero-order valence-corrected chi connectivity index (χ0v) is 24.9. The summed E-state index contributed by atoms with van der Waals surface area (Å²) in [6.07, 6.45) is 0.591. The van der Waals surface area contributed by atoms with E-state index < -0.39 is 47.7 Å². The fourth-order valence-corrected chi connectivity index (χ4v) is 5.01. The number of likely N-dealkylation sites (N-methyl/N-ethyl adjacent to an activating group) is 1. The second-order valence-electron chi connectivity index (χ2n) is 11.1. The van der Waals surface area contributed by atoms with Gasteiger partial charge in [0.1, 0.15) is 18.1 Å². The van der Waals surface area contributed by atoms with Crippen molar-refractivity contribution in [3.8, 4) is 11.5 Å². The Bertz CT molecular complexity index is 1350. The number of fused-ring (bicyclic) bond motifs is 1. The lowest BCUT2D eigenvalue weighted by atomic mass is 10.0. The summed E-state index contributed by atoms with van der Waals surface area (Å²) < 4.78 is 10.8. The van der Waals surface area contributed by atoms with E-state index in [4.69, 9.17) is 9.47 Å². The highest BCUT2D eigenvalue weighted by Gasteiger charge is 2.34. The second-order valence-corrected chi connectivity index (χ2v) is 11.1. The van der Waals surface area contributed by atoms with Crippen molar-refractivity contribution in [1.82, 2.24) is 25.8 Å². The Morgan fingerprint density at radius 1 is 0.977 bits per heavy atom. The third kappa shape index (κ3) is 7.82. The number of nitrogens with one attached hydrogen (secondary N) is 3. The number of ether oxygens (including phenoxy) is 2. The predicted molar refractivity (Wildman–Crippen MR) is 157 cm³/mol. The van der Waals surface area contributed by atoms with E-state index in [0.29, 0.717) is 23.5 Å². The summed E-state index contributed by atoms with van der Waals surface area (Å²) in [6.45, 7) is 5.26. The van der Waals surface area contributed by atoms with E-state index in [2.05, 4.69) is 16.0 Å². The van der Waals surface area contributed by atoms with Crippen LogP contribution in [0.25, 0.3) is 0 Å². The molecule has 3 N–H and O–H groups in total. The maximum atomic E-state index is 13.7. The molecule has 0 unspecified atom stereocenters. The molecule has 1 saturated heterocycles. The number of carbonyl (C=O) groups excluding carboxylic acids is 5. The molecule has 0 aliphatic carbocycles. The first kappa shape index (κ1) is 31.3. The molecular weight excluding hydrogens is 554 g/mol.